The summed E-state index contributed by atoms with van der Waals surface area (Å²) in [7, 11) is 0. The Morgan fingerprint density at radius 2 is 2.06 bits per heavy atom. The Bertz CT molecular complexity index is 1230. The fourth-order valence-corrected chi connectivity index (χ4v) is 5.28. The summed E-state index contributed by atoms with van der Waals surface area (Å²) in [5.74, 6) is 1.42. The number of carbonyl (C=O) groups is 1. The summed E-state index contributed by atoms with van der Waals surface area (Å²) in [6.07, 6.45) is 9.62. The van der Waals surface area contributed by atoms with Gasteiger partial charge in [-0.25, -0.2) is 4.39 Å². The van der Waals surface area contributed by atoms with E-state index in [2.05, 4.69) is 16.0 Å². The van der Waals surface area contributed by atoms with E-state index in [4.69, 9.17) is 5.26 Å². The second kappa shape index (κ2) is 8.03. The van der Waals surface area contributed by atoms with Crippen LogP contribution in [0.15, 0.2) is 54.9 Å². The third-order valence-corrected chi connectivity index (χ3v) is 6.64. The summed E-state index contributed by atoms with van der Waals surface area (Å²) in [6.45, 7) is 0. The number of pyridine rings is 2. The molecule has 2 aliphatic carbocycles. The number of halogens is 1. The lowest BCUT2D eigenvalue weighted by Gasteiger charge is -2.12. The molecule has 4 nitrogen and oxygen atoms in total. The molecule has 1 saturated carbocycles. The fourth-order valence-electron chi connectivity index (χ4n) is 5.28. The normalized spacial score (nSPS) is 22.2. The molecule has 0 saturated heterocycles. The summed E-state index contributed by atoms with van der Waals surface area (Å²) in [5, 5.41) is 9.72. The molecular formula is C26H22FN3O. The topological polar surface area (TPSA) is 66.6 Å². The van der Waals surface area contributed by atoms with Crippen LogP contribution >= 0.6 is 0 Å². The minimum absolute atomic E-state index is 0.210. The molecular weight excluding hydrogens is 389 g/mol. The van der Waals surface area contributed by atoms with Crippen LogP contribution in [0, 0.1) is 34.9 Å². The standard InChI is InChI=1S/C26H22FN3O/c27-21-2-4-26-25(12-21)24(5-6-29-26)20-10-18-7-17(8-19(18)11-20)9-23(31)13-22-3-1-16(14-28)15-30-22/h1-6,10,12,15,17-19H,7-9,11,13H2/t17-,18-,19+/m0/s1. The molecule has 1 fully saturated rings. The van der Waals surface area contributed by atoms with Crippen molar-refractivity contribution in [1.82, 2.24) is 9.97 Å². The van der Waals surface area contributed by atoms with Crippen LogP contribution in [-0.4, -0.2) is 15.8 Å². The summed E-state index contributed by atoms with van der Waals surface area (Å²) in [4.78, 5) is 21.1. The lowest BCUT2D eigenvalue weighted by molar-refractivity contribution is -0.119. The summed E-state index contributed by atoms with van der Waals surface area (Å²) >= 11 is 0. The van der Waals surface area contributed by atoms with E-state index in [1.54, 1.807) is 30.5 Å². The van der Waals surface area contributed by atoms with E-state index >= 15 is 0 Å². The van der Waals surface area contributed by atoms with Crippen LogP contribution in [0.25, 0.3) is 16.5 Å². The van der Waals surface area contributed by atoms with Crippen molar-refractivity contribution in [2.75, 3.05) is 0 Å². The summed E-state index contributed by atoms with van der Waals surface area (Å²) < 4.78 is 13.8. The fraction of sp³-hybridized carbons (Fsp3) is 0.308. The SMILES string of the molecule is N#Cc1ccc(CC(=O)C[C@@H]2C[C@@H]3CC(c4ccnc5ccc(F)cc45)=C[C@@H]3C2)nc1. The second-order valence-electron chi connectivity index (χ2n) is 8.75. The smallest absolute Gasteiger partial charge is 0.139 e. The quantitative estimate of drug-likeness (QED) is 0.573. The Morgan fingerprint density at radius 3 is 2.84 bits per heavy atom. The van der Waals surface area contributed by atoms with Crippen molar-refractivity contribution in [2.24, 2.45) is 17.8 Å². The van der Waals surface area contributed by atoms with Gasteiger partial charge in [0.15, 0.2) is 0 Å². The molecule has 2 aromatic heterocycles. The van der Waals surface area contributed by atoms with Crippen molar-refractivity contribution in [3.63, 3.8) is 0 Å². The van der Waals surface area contributed by atoms with E-state index in [9.17, 15) is 9.18 Å². The van der Waals surface area contributed by atoms with E-state index in [1.807, 2.05) is 12.1 Å². The van der Waals surface area contributed by atoms with Gasteiger partial charge in [0.05, 0.1) is 11.1 Å². The first kappa shape index (κ1) is 19.6. The zero-order valence-electron chi connectivity index (χ0n) is 17.1. The number of rotatable bonds is 5. The Hall–Kier alpha value is -3.39. The zero-order chi connectivity index (χ0) is 21.4. The number of carbonyl (C=O) groups excluding carboxylic acids is 1. The van der Waals surface area contributed by atoms with Crippen LogP contribution in [0.2, 0.25) is 0 Å². The molecule has 0 radical (unpaired) electrons. The molecule has 154 valence electrons. The molecule has 2 aliphatic rings. The van der Waals surface area contributed by atoms with Crippen LogP contribution in [0.3, 0.4) is 0 Å². The Labute approximate surface area is 180 Å². The van der Waals surface area contributed by atoms with E-state index in [0.29, 0.717) is 36.2 Å². The Balaban J connectivity index is 1.24. The van der Waals surface area contributed by atoms with Gasteiger partial charge in [0.1, 0.15) is 17.7 Å². The van der Waals surface area contributed by atoms with Gasteiger partial charge in [0, 0.05) is 36.3 Å². The van der Waals surface area contributed by atoms with Gasteiger partial charge in [-0.2, -0.15) is 5.26 Å². The molecule has 0 aliphatic heterocycles. The van der Waals surface area contributed by atoms with Gasteiger partial charge in [0.25, 0.3) is 0 Å². The third-order valence-electron chi connectivity index (χ3n) is 6.64. The predicted molar refractivity (Wildman–Crippen MR) is 116 cm³/mol. The highest BCUT2D eigenvalue weighted by Gasteiger charge is 2.38. The minimum atomic E-state index is -0.240. The molecule has 31 heavy (non-hydrogen) atoms. The van der Waals surface area contributed by atoms with Crippen molar-refractivity contribution < 1.29 is 9.18 Å². The molecule has 5 heteroatoms. The van der Waals surface area contributed by atoms with E-state index in [-0.39, 0.29) is 11.6 Å². The number of benzene rings is 1. The van der Waals surface area contributed by atoms with Crippen molar-refractivity contribution in [3.8, 4) is 6.07 Å². The number of fused-ring (bicyclic) bond motifs is 2. The number of nitriles is 1. The van der Waals surface area contributed by atoms with Gasteiger partial charge in [-0.15, -0.1) is 0 Å². The molecule has 1 aromatic carbocycles. The Kier molecular flexibility index (Phi) is 5.07. The first-order chi connectivity index (χ1) is 15.1. The Morgan fingerprint density at radius 1 is 1.16 bits per heavy atom. The number of hydrogen-bond acceptors (Lipinski definition) is 4. The highest BCUT2D eigenvalue weighted by atomic mass is 19.1. The van der Waals surface area contributed by atoms with E-state index in [1.165, 1.54) is 17.8 Å². The van der Waals surface area contributed by atoms with Crippen LogP contribution in [0.1, 0.15) is 42.5 Å². The van der Waals surface area contributed by atoms with Gasteiger partial charge < -0.3 is 0 Å². The van der Waals surface area contributed by atoms with E-state index < -0.39 is 0 Å². The molecule has 0 amide bonds. The molecule has 3 atom stereocenters. The van der Waals surface area contributed by atoms with Gasteiger partial charge in [-0.3, -0.25) is 14.8 Å². The zero-order valence-corrected chi connectivity index (χ0v) is 17.1. The maximum Gasteiger partial charge on any atom is 0.139 e. The lowest BCUT2D eigenvalue weighted by Crippen LogP contribution is -2.10. The van der Waals surface area contributed by atoms with Gasteiger partial charge in [0.2, 0.25) is 0 Å². The van der Waals surface area contributed by atoms with E-state index in [0.717, 1.165) is 41.4 Å². The summed E-state index contributed by atoms with van der Waals surface area (Å²) in [5.41, 5.74) is 4.41. The maximum atomic E-state index is 13.8. The van der Waals surface area contributed by atoms with Crippen molar-refractivity contribution in [1.29, 1.82) is 5.26 Å². The number of hydrogen-bond donors (Lipinski definition) is 0. The average molecular weight is 411 g/mol. The van der Waals surface area contributed by atoms with Crippen molar-refractivity contribution >= 4 is 22.3 Å². The average Bonchev–Trinajstić information content (AvgIpc) is 3.32. The maximum absolute atomic E-state index is 13.8. The van der Waals surface area contributed by atoms with Crippen molar-refractivity contribution in [2.45, 2.75) is 32.1 Å². The number of ketones is 1. The highest BCUT2D eigenvalue weighted by molar-refractivity contribution is 5.92. The third kappa shape index (κ3) is 3.98. The van der Waals surface area contributed by atoms with Gasteiger partial charge in [-0.1, -0.05) is 6.08 Å². The molecule has 0 N–H and O–H groups in total. The van der Waals surface area contributed by atoms with Crippen molar-refractivity contribution in [3.05, 3.63) is 77.5 Å². The first-order valence-corrected chi connectivity index (χ1v) is 10.7. The molecule has 2 heterocycles. The minimum Gasteiger partial charge on any atom is -0.299 e. The van der Waals surface area contributed by atoms with Crippen LogP contribution in [-0.2, 0) is 11.2 Å². The van der Waals surface area contributed by atoms with Crippen LogP contribution < -0.4 is 0 Å². The van der Waals surface area contributed by atoms with Gasteiger partial charge >= 0.3 is 0 Å². The first-order valence-electron chi connectivity index (χ1n) is 10.7. The number of allylic oxidation sites excluding steroid dienone is 2. The van der Waals surface area contributed by atoms with Gasteiger partial charge in [-0.05, 0) is 84.6 Å². The second-order valence-corrected chi connectivity index (χ2v) is 8.75. The van der Waals surface area contributed by atoms with Crippen LogP contribution in [0.4, 0.5) is 4.39 Å². The highest BCUT2D eigenvalue weighted by Crippen LogP contribution is 2.49. The largest absolute Gasteiger partial charge is 0.299 e. The molecule has 3 aromatic rings. The number of nitrogens with zero attached hydrogens (tertiary/aromatic N) is 3. The molecule has 0 unspecified atom stereocenters. The number of aromatic nitrogens is 2. The molecule has 0 bridgehead atoms. The molecule has 5 rings (SSSR count). The summed E-state index contributed by atoms with van der Waals surface area (Å²) in [6, 6.07) is 12.2. The number of Topliss-reactive ketones (excluding diaryl/α,β-unsaturated/α-hetero) is 1. The molecule has 0 spiro atoms. The monoisotopic (exact) mass is 411 g/mol. The predicted octanol–water partition coefficient (Wildman–Crippen LogP) is 5.27. The van der Waals surface area contributed by atoms with Crippen LogP contribution in [0.5, 0.6) is 0 Å². The lowest BCUT2D eigenvalue weighted by atomic mass is 9.93.